The molecule has 1 aromatic carbocycles. The van der Waals surface area contributed by atoms with E-state index in [1.807, 2.05) is 0 Å². The number of hydrogen-bond acceptors (Lipinski definition) is 4. The Bertz CT molecular complexity index is 376. The molecule has 18 heavy (non-hydrogen) atoms. The predicted molar refractivity (Wildman–Crippen MR) is 73.4 cm³/mol. The van der Waals surface area contributed by atoms with Crippen LogP contribution in [0.5, 0.6) is 5.75 Å². The number of rotatable bonds is 6. The smallest absolute Gasteiger partial charge is 0.142 e. The highest BCUT2D eigenvalue weighted by molar-refractivity contribution is 5.58. The average Bonchev–Trinajstić information content (AvgIpc) is 2.86. The van der Waals surface area contributed by atoms with Gasteiger partial charge in [-0.1, -0.05) is 6.07 Å². The summed E-state index contributed by atoms with van der Waals surface area (Å²) in [6.45, 7) is 5.37. The van der Waals surface area contributed by atoms with Crippen molar-refractivity contribution in [1.29, 1.82) is 0 Å². The Balaban J connectivity index is 2.02. The second-order valence-electron chi connectivity index (χ2n) is 4.67. The summed E-state index contributed by atoms with van der Waals surface area (Å²) in [7, 11) is 1.68. The third-order valence-electron chi connectivity index (χ3n) is 3.10. The number of anilines is 1. The Morgan fingerprint density at radius 3 is 3.00 bits per heavy atom. The molecule has 0 radical (unpaired) electrons. The number of aryl methyl sites for hydroxylation is 1. The fourth-order valence-corrected chi connectivity index (χ4v) is 2.10. The highest BCUT2D eigenvalue weighted by atomic mass is 16.5. The standard InChI is InChI=1S/C14H22N2O2/c1-11-3-4-13(16-12-5-6-15-10-12)14(9-11)18-8-7-17-2/h3-4,9,12,15-16H,5-8,10H2,1-2H3. The van der Waals surface area contributed by atoms with Crippen molar-refractivity contribution >= 4 is 5.69 Å². The van der Waals surface area contributed by atoms with Gasteiger partial charge in [0.2, 0.25) is 0 Å². The molecule has 0 amide bonds. The Hall–Kier alpha value is -1.26. The van der Waals surface area contributed by atoms with Crippen molar-refractivity contribution in [3.05, 3.63) is 23.8 Å². The van der Waals surface area contributed by atoms with Gasteiger partial charge in [0.05, 0.1) is 12.3 Å². The van der Waals surface area contributed by atoms with E-state index < -0.39 is 0 Å². The molecule has 100 valence electrons. The van der Waals surface area contributed by atoms with Gasteiger partial charge in [0.15, 0.2) is 0 Å². The molecule has 0 aromatic heterocycles. The predicted octanol–water partition coefficient (Wildman–Crippen LogP) is 1.79. The Kier molecular flexibility index (Phi) is 4.84. The highest BCUT2D eigenvalue weighted by Crippen LogP contribution is 2.27. The number of nitrogens with one attached hydrogen (secondary N) is 2. The first-order valence-corrected chi connectivity index (χ1v) is 6.49. The molecular formula is C14H22N2O2. The second-order valence-corrected chi connectivity index (χ2v) is 4.67. The molecule has 1 fully saturated rings. The van der Waals surface area contributed by atoms with Crippen molar-refractivity contribution < 1.29 is 9.47 Å². The molecule has 1 aliphatic heterocycles. The van der Waals surface area contributed by atoms with Crippen LogP contribution in [0.2, 0.25) is 0 Å². The Morgan fingerprint density at radius 1 is 1.39 bits per heavy atom. The first-order chi connectivity index (χ1) is 8.79. The van der Waals surface area contributed by atoms with Gasteiger partial charge in [-0.3, -0.25) is 0 Å². The van der Waals surface area contributed by atoms with E-state index in [2.05, 4.69) is 35.8 Å². The van der Waals surface area contributed by atoms with Crippen molar-refractivity contribution in [3.63, 3.8) is 0 Å². The summed E-state index contributed by atoms with van der Waals surface area (Å²) in [6.07, 6.45) is 1.16. The van der Waals surface area contributed by atoms with E-state index in [0.29, 0.717) is 19.3 Å². The minimum atomic E-state index is 0.498. The third-order valence-corrected chi connectivity index (χ3v) is 3.10. The van der Waals surface area contributed by atoms with Crippen molar-refractivity contribution in [1.82, 2.24) is 5.32 Å². The molecule has 2 rings (SSSR count). The molecule has 1 heterocycles. The number of methoxy groups -OCH3 is 1. The summed E-state index contributed by atoms with van der Waals surface area (Å²) in [5, 5.41) is 6.89. The van der Waals surface area contributed by atoms with Gasteiger partial charge in [-0.25, -0.2) is 0 Å². The van der Waals surface area contributed by atoms with Crippen LogP contribution in [0.1, 0.15) is 12.0 Å². The maximum absolute atomic E-state index is 5.76. The zero-order valence-electron chi connectivity index (χ0n) is 11.2. The van der Waals surface area contributed by atoms with Crippen LogP contribution in [0.3, 0.4) is 0 Å². The molecule has 2 N–H and O–H groups in total. The number of benzene rings is 1. The maximum Gasteiger partial charge on any atom is 0.142 e. The summed E-state index contributed by atoms with van der Waals surface area (Å²) in [4.78, 5) is 0. The van der Waals surface area contributed by atoms with E-state index in [-0.39, 0.29) is 0 Å². The number of hydrogen-bond donors (Lipinski definition) is 2. The monoisotopic (exact) mass is 250 g/mol. The molecule has 1 aliphatic rings. The summed E-state index contributed by atoms with van der Waals surface area (Å²) in [5.41, 5.74) is 2.28. The van der Waals surface area contributed by atoms with Gasteiger partial charge in [0.1, 0.15) is 12.4 Å². The van der Waals surface area contributed by atoms with Crippen molar-refractivity contribution in [2.45, 2.75) is 19.4 Å². The van der Waals surface area contributed by atoms with Crippen molar-refractivity contribution in [2.24, 2.45) is 0 Å². The second kappa shape index (κ2) is 6.61. The summed E-state index contributed by atoms with van der Waals surface area (Å²) in [6, 6.07) is 6.77. The molecule has 1 unspecified atom stereocenters. The van der Waals surface area contributed by atoms with Crippen LogP contribution in [0.25, 0.3) is 0 Å². The quantitative estimate of drug-likeness (QED) is 0.755. The molecule has 4 nitrogen and oxygen atoms in total. The lowest BCUT2D eigenvalue weighted by atomic mass is 10.2. The van der Waals surface area contributed by atoms with Crippen LogP contribution < -0.4 is 15.4 Å². The van der Waals surface area contributed by atoms with E-state index >= 15 is 0 Å². The summed E-state index contributed by atoms with van der Waals surface area (Å²) >= 11 is 0. The van der Waals surface area contributed by atoms with Crippen LogP contribution in [0, 0.1) is 6.92 Å². The van der Waals surface area contributed by atoms with Gasteiger partial charge in [-0.05, 0) is 37.6 Å². The van der Waals surface area contributed by atoms with E-state index in [1.54, 1.807) is 7.11 Å². The van der Waals surface area contributed by atoms with Gasteiger partial charge < -0.3 is 20.1 Å². The van der Waals surface area contributed by atoms with Gasteiger partial charge in [0.25, 0.3) is 0 Å². The molecule has 0 spiro atoms. The lowest BCUT2D eigenvalue weighted by molar-refractivity contribution is 0.146. The normalized spacial score (nSPS) is 18.9. The molecule has 0 bridgehead atoms. The lowest BCUT2D eigenvalue weighted by Crippen LogP contribution is -2.22. The van der Waals surface area contributed by atoms with Crippen LogP contribution >= 0.6 is 0 Å². The van der Waals surface area contributed by atoms with E-state index in [9.17, 15) is 0 Å². The van der Waals surface area contributed by atoms with Gasteiger partial charge in [0, 0.05) is 19.7 Å². The SMILES string of the molecule is COCCOc1cc(C)ccc1NC1CCNC1. The van der Waals surface area contributed by atoms with Crippen LogP contribution in [-0.4, -0.2) is 39.5 Å². The summed E-state index contributed by atoms with van der Waals surface area (Å²) < 4.78 is 10.8. The average molecular weight is 250 g/mol. The first-order valence-electron chi connectivity index (χ1n) is 6.49. The van der Waals surface area contributed by atoms with Gasteiger partial charge in [-0.2, -0.15) is 0 Å². The largest absolute Gasteiger partial charge is 0.489 e. The van der Waals surface area contributed by atoms with Crippen molar-refractivity contribution in [3.8, 4) is 5.75 Å². The summed E-state index contributed by atoms with van der Waals surface area (Å²) in [5.74, 6) is 0.916. The molecule has 4 heteroatoms. The number of ether oxygens (including phenoxy) is 2. The fourth-order valence-electron chi connectivity index (χ4n) is 2.10. The first kappa shape index (κ1) is 13.2. The Morgan fingerprint density at radius 2 is 2.28 bits per heavy atom. The minimum Gasteiger partial charge on any atom is -0.489 e. The molecule has 1 atom stereocenters. The van der Waals surface area contributed by atoms with Gasteiger partial charge in [-0.15, -0.1) is 0 Å². The van der Waals surface area contributed by atoms with Crippen LogP contribution in [-0.2, 0) is 4.74 Å². The Labute approximate surface area is 109 Å². The topological polar surface area (TPSA) is 42.5 Å². The zero-order valence-corrected chi connectivity index (χ0v) is 11.2. The zero-order chi connectivity index (χ0) is 12.8. The minimum absolute atomic E-state index is 0.498. The van der Waals surface area contributed by atoms with E-state index in [4.69, 9.17) is 9.47 Å². The van der Waals surface area contributed by atoms with E-state index in [0.717, 1.165) is 30.9 Å². The molecular weight excluding hydrogens is 228 g/mol. The fraction of sp³-hybridized carbons (Fsp3) is 0.571. The maximum atomic E-state index is 5.76. The van der Waals surface area contributed by atoms with Crippen molar-refractivity contribution in [2.75, 3.05) is 38.7 Å². The van der Waals surface area contributed by atoms with Gasteiger partial charge >= 0.3 is 0 Å². The molecule has 1 saturated heterocycles. The third kappa shape index (κ3) is 3.62. The molecule has 1 aromatic rings. The molecule has 0 saturated carbocycles. The lowest BCUT2D eigenvalue weighted by Gasteiger charge is -2.17. The van der Waals surface area contributed by atoms with Crippen LogP contribution in [0.4, 0.5) is 5.69 Å². The highest BCUT2D eigenvalue weighted by Gasteiger charge is 2.15. The molecule has 0 aliphatic carbocycles. The van der Waals surface area contributed by atoms with E-state index in [1.165, 1.54) is 5.56 Å². The van der Waals surface area contributed by atoms with Crippen LogP contribution in [0.15, 0.2) is 18.2 Å².